The Kier molecular flexibility index (Phi) is 7.05. The summed E-state index contributed by atoms with van der Waals surface area (Å²) in [5, 5.41) is 6.37. The number of alkyl halides is 3. The summed E-state index contributed by atoms with van der Waals surface area (Å²) in [6.45, 7) is 8.09. The van der Waals surface area contributed by atoms with E-state index in [1.54, 1.807) is 6.26 Å². The Bertz CT molecular complexity index is 984. The van der Waals surface area contributed by atoms with Gasteiger partial charge in [0.25, 0.3) is 0 Å². The lowest BCUT2D eigenvalue weighted by Gasteiger charge is -2.23. The number of furan rings is 1. The molecule has 31 heavy (non-hydrogen) atoms. The Balaban J connectivity index is 1.76. The monoisotopic (exact) mass is 429 g/mol. The summed E-state index contributed by atoms with van der Waals surface area (Å²) < 4.78 is 44.0. The van der Waals surface area contributed by atoms with Gasteiger partial charge in [0, 0.05) is 11.4 Å². The smallest absolute Gasteiger partial charge is 0.416 e. The van der Waals surface area contributed by atoms with E-state index in [2.05, 4.69) is 29.1 Å². The van der Waals surface area contributed by atoms with Gasteiger partial charge in [0.15, 0.2) is 0 Å². The van der Waals surface area contributed by atoms with Crippen LogP contribution in [0.25, 0.3) is 5.57 Å². The number of unbranched alkanes of at least 4 members (excludes halogenated alkanes) is 1. The predicted octanol–water partition coefficient (Wildman–Crippen LogP) is 6.58. The number of hydrogen-bond acceptors (Lipinski definition) is 4. The number of aliphatic imine (C=N–C) groups is 1. The molecule has 7 heteroatoms. The summed E-state index contributed by atoms with van der Waals surface area (Å²) >= 11 is 0. The van der Waals surface area contributed by atoms with Crippen molar-refractivity contribution in [1.29, 1.82) is 0 Å². The van der Waals surface area contributed by atoms with Crippen molar-refractivity contribution in [3.63, 3.8) is 0 Å². The molecule has 0 bridgehead atoms. The molecule has 164 valence electrons. The molecule has 4 nitrogen and oxygen atoms in total. The molecule has 1 aliphatic rings. The average molecular weight is 429 g/mol. The topological polar surface area (TPSA) is 49.6 Å². The second-order valence-electron chi connectivity index (χ2n) is 7.41. The van der Waals surface area contributed by atoms with Gasteiger partial charge < -0.3 is 15.1 Å². The Labute approximate surface area is 180 Å². The van der Waals surface area contributed by atoms with Crippen LogP contribution < -0.4 is 10.6 Å². The Morgan fingerprint density at radius 1 is 1.26 bits per heavy atom. The highest BCUT2D eigenvalue weighted by Gasteiger charge is 2.30. The third-order valence-corrected chi connectivity index (χ3v) is 4.81. The zero-order valence-corrected chi connectivity index (χ0v) is 17.6. The predicted molar refractivity (Wildman–Crippen MR) is 117 cm³/mol. The lowest BCUT2D eigenvalue weighted by atomic mass is 10.1. The molecule has 0 aliphatic carbocycles. The number of rotatable bonds is 7. The zero-order chi connectivity index (χ0) is 22.4. The SMILES string of the molecule is C=C(/C=C(\CCCC)c1ccco1)NC1=NC(c2ccc(C(F)(F)F)cc2)NC(C)=C1. The minimum Gasteiger partial charge on any atom is -0.465 e. The molecule has 1 unspecified atom stereocenters. The molecule has 0 amide bonds. The van der Waals surface area contributed by atoms with E-state index >= 15 is 0 Å². The van der Waals surface area contributed by atoms with Crippen molar-refractivity contribution in [2.75, 3.05) is 0 Å². The molecule has 0 spiro atoms. The molecule has 3 rings (SSSR count). The van der Waals surface area contributed by atoms with Gasteiger partial charge in [0.2, 0.25) is 0 Å². The van der Waals surface area contributed by atoms with Gasteiger partial charge in [-0.2, -0.15) is 13.2 Å². The molecule has 2 aromatic rings. The fourth-order valence-corrected chi connectivity index (χ4v) is 3.26. The first-order chi connectivity index (χ1) is 14.8. The number of benzene rings is 1. The summed E-state index contributed by atoms with van der Waals surface area (Å²) in [4.78, 5) is 4.59. The molecule has 2 N–H and O–H groups in total. The minimum atomic E-state index is -4.36. The first kappa shape index (κ1) is 22.5. The largest absolute Gasteiger partial charge is 0.465 e. The summed E-state index contributed by atoms with van der Waals surface area (Å²) in [6, 6.07) is 8.78. The van der Waals surface area contributed by atoms with Crippen LogP contribution in [0.4, 0.5) is 13.2 Å². The molecule has 0 fully saturated rings. The van der Waals surface area contributed by atoms with Crippen LogP contribution in [0, 0.1) is 0 Å². The fraction of sp³-hybridized carbons (Fsp3) is 0.292. The van der Waals surface area contributed by atoms with Gasteiger partial charge in [-0.05, 0) is 67.3 Å². The van der Waals surface area contributed by atoms with Gasteiger partial charge in [-0.25, -0.2) is 4.99 Å². The fourth-order valence-electron chi connectivity index (χ4n) is 3.26. The van der Waals surface area contributed by atoms with Crippen LogP contribution in [0.5, 0.6) is 0 Å². The van der Waals surface area contributed by atoms with Gasteiger partial charge >= 0.3 is 6.18 Å². The van der Waals surface area contributed by atoms with Crippen LogP contribution in [-0.4, -0.2) is 5.84 Å². The van der Waals surface area contributed by atoms with Crippen molar-refractivity contribution in [2.24, 2.45) is 4.99 Å². The Morgan fingerprint density at radius 3 is 2.61 bits per heavy atom. The molecule has 2 heterocycles. The van der Waals surface area contributed by atoms with Gasteiger partial charge in [0.1, 0.15) is 17.8 Å². The van der Waals surface area contributed by atoms with Crippen LogP contribution in [0.3, 0.4) is 0 Å². The van der Waals surface area contributed by atoms with Crippen molar-refractivity contribution < 1.29 is 17.6 Å². The maximum atomic E-state index is 12.8. The molecule has 1 aromatic carbocycles. The summed E-state index contributed by atoms with van der Waals surface area (Å²) in [5.41, 5.74) is 2.49. The van der Waals surface area contributed by atoms with Gasteiger partial charge in [-0.1, -0.05) is 32.1 Å². The molecule has 0 radical (unpaired) electrons. The van der Waals surface area contributed by atoms with Gasteiger partial charge in [0.05, 0.1) is 11.8 Å². The van der Waals surface area contributed by atoms with Crippen LogP contribution in [0.2, 0.25) is 0 Å². The second kappa shape index (κ2) is 9.73. The lowest BCUT2D eigenvalue weighted by molar-refractivity contribution is -0.137. The van der Waals surface area contributed by atoms with E-state index in [9.17, 15) is 13.2 Å². The standard InChI is InChI=1S/C24H26F3N3O/c1-4-5-7-19(21-8-6-13-31-21)14-16(2)28-22-15-17(3)29-23(30-22)18-9-11-20(12-10-18)24(25,26)27/h6,8-15,23,29H,2,4-5,7H2,1,3H3,(H,28,30)/b19-14+. The number of amidine groups is 1. The van der Waals surface area contributed by atoms with Crippen molar-refractivity contribution in [1.82, 2.24) is 10.6 Å². The van der Waals surface area contributed by atoms with E-state index in [4.69, 9.17) is 4.42 Å². The highest BCUT2D eigenvalue weighted by Crippen LogP contribution is 2.30. The number of halogens is 3. The quantitative estimate of drug-likeness (QED) is 0.489. The minimum absolute atomic E-state index is 0.490. The molecule has 1 atom stereocenters. The van der Waals surface area contributed by atoms with Crippen molar-refractivity contribution >= 4 is 11.4 Å². The number of nitrogens with zero attached hydrogens (tertiary/aromatic N) is 1. The van der Waals surface area contributed by atoms with E-state index in [1.165, 1.54) is 12.1 Å². The van der Waals surface area contributed by atoms with Crippen LogP contribution in [0.15, 0.2) is 82.2 Å². The second-order valence-corrected chi connectivity index (χ2v) is 7.41. The maximum Gasteiger partial charge on any atom is 0.416 e. The van der Waals surface area contributed by atoms with Gasteiger partial charge in [-0.3, -0.25) is 0 Å². The van der Waals surface area contributed by atoms with Gasteiger partial charge in [-0.15, -0.1) is 0 Å². The van der Waals surface area contributed by atoms with Crippen molar-refractivity contribution in [2.45, 2.75) is 45.5 Å². The molecular formula is C24H26F3N3O. The van der Waals surface area contributed by atoms with Crippen LogP contribution >= 0.6 is 0 Å². The molecular weight excluding hydrogens is 403 g/mol. The van der Waals surface area contributed by atoms with E-state index in [0.717, 1.165) is 48.4 Å². The van der Waals surface area contributed by atoms with E-state index in [-0.39, 0.29) is 0 Å². The number of hydrogen-bond donors (Lipinski definition) is 2. The first-order valence-corrected chi connectivity index (χ1v) is 10.2. The van der Waals surface area contributed by atoms with E-state index in [0.29, 0.717) is 17.1 Å². The Hall–Kier alpha value is -3.22. The average Bonchev–Trinajstić information content (AvgIpc) is 3.25. The van der Waals surface area contributed by atoms with E-state index < -0.39 is 17.9 Å². The summed E-state index contributed by atoms with van der Waals surface area (Å²) in [5.74, 6) is 1.38. The highest BCUT2D eigenvalue weighted by atomic mass is 19.4. The molecule has 0 saturated heterocycles. The number of nitrogens with one attached hydrogen (secondary N) is 2. The van der Waals surface area contributed by atoms with Crippen LogP contribution in [0.1, 0.15) is 56.2 Å². The third-order valence-electron chi connectivity index (χ3n) is 4.81. The first-order valence-electron chi connectivity index (χ1n) is 10.2. The zero-order valence-electron chi connectivity index (χ0n) is 17.6. The molecule has 1 aliphatic heterocycles. The highest BCUT2D eigenvalue weighted by molar-refractivity contribution is 5.95. The Morgan fingerprint density at radius 2 is 2.00 bits per heavy atom. The lowest BCUT2D eigenvalue weighted by Crippen LogP contribution is -2.30. The third kappa shape index (κ3) is 6.13. The van der Waals surface area contributed by atoms with Crippen molar-refractivity contribution in [3.8, 4) is 0 Å². The normalized spacial score (nSPS) is 16.9. The van der Waals surface area contributed by atoms with E-state index in [1.807, 2.05) is 31.2 Å². The maximum absolute atomic E-state index is 12.8. The molecule has 0 saturated carbocycles. The van der Waals surface area contributed by atoms with Crippen LogP contribution in [-0.2, 0) is 6.18 Å². The molecule has 1 aromatic heterocycles. The number of allylic oxidation sites excluding steroid dienone is 3. The summed E-state index contributed by atoms with van der Waals surface area (Å²) in [6.07, 6.45) is 3.51. The van der Waals surface area contributed by atoms with Crippen molar-refractivity contribution in [3.05, 3.63) is 89.7 Å². The summed E-state index contributed by atoms with van der Waals surface area (Å²) in [7, 11) is 0.